The minimum atomic E-state index is -3.80. The first-order chi connectivity index (χ1) is 12.8. The van der Waals surface area contributed by atoms with Crippen molar-refractivity contribution in [1.82, 2.24) is 0 Å². The number of aryl methyl sites for hydroxylation is 1. The third kappa shape index (κ3) is 4.12. The van der Waals surface area contributed by atoms with Gasteiger partial charge in [-0.3, -0.25) is 4.31 Å². The fourth-order valence-electron chi connectivity index (χ4n) is 3.14. The summed E-state index contributed by atoms with van der Waals surface area (Å²) in [5.41, 5.74) is 1.93. The molecule has 8 heteroatoms. The third-order valence-corrected chi connectivity index (χ3v) is 6.58. The molecule has 1 aliphatic rings. The van der Waals surface area contributed by atoms with Gasteiger partial charge in [0, 0.05) is 24.2 Å². The summed E-state index contributed by atoms with van der Waals surface area (Å²) >= 11 is 6.14. The first-order valence-electron chi connectivity index (χ1n) is 8.52. The number of hydrogen-bond donors (Lipinski definition) is 1. The van der Waals surface area contributed by atoms with E-state index in [1.165, 1.54) is 11.4 Å². The molecule has 3 rings (SSSR count). The number of aliphatic hydroxyl groups is 1. The Morgan fingerprint density at radius 3 is 2.59 bits per heavy atom. The van der Waals surface area contributed by atoms with Crippen LogP contribution in [0.3, 0.4) is 0 Å². The van der Waals surface area contributed by atoms with Gasteiger partial charge >= 0.3 is 0 Å². The average molecular weight is 412 g/mol. The highest BCUT2D eigenvalue weighted by Crippen LogP contribution is 2.39. The van der Waals surface area contributed by atoms with Crippen molar-refractivity contribution in [3.8, 4) is 0 Å². The molecule has 0 aliphatic carbocycles. The maximum absolute atomic E-state index is 13.3. The number of sulfonamides is 1. The van der Waals surface area contributed by atoms with Crippen molar-refractivity contribution in [3.05, 3.63) is 58.6 Å². The minimum Gasteiger partial charge on any atom is -0.390 e. The van der Waals surface area contributed by atoms with E-state index in [0.29, 0.717) is 16.3 Å². The van der Waals surface area contributed by atoms with E-state index in [2.05, 4.69) is 0 Å². The molecular weight excluding hydrogens is 390 g/mol. The second-order valence-electron chi connectivity index (χ2n) is 6.44. The molecule has 0 saturated carbocycles. The topological polar surface area (TPSA) is 76.1 Å². The van der Waals surface area contributed by atoms with Crippen LogP contribution in [0.2, 0.25) is 5.02 Å². The number of fused-ring (bicyclic) bond motifs is 1. The van der Waals surface area contributed by atoms with E-state index in [4.69, 9.17) is 21.1 Å². The summed E-state index contributed by atoms with van der Waals surface area (Å²) < 4.78 is 38.4. The molecule has 2 aromatic rings. The van der Waals surface area contributed by atoms with Crippen LogP contribution in [0, 0.1) is 6.92 Å². The second-order valence-corrected chi connectivity index (χ2v) is 8.74. The average Bonchev–Trinajstić information content (AvgIpc) is 2.76. The van der Waals surface area contributed by atoms with Gasteiger partial charge in [-0.1, -0.05) is 29.3 Å². The lowest BCUT2D eigenvalue weighted by molar-refractivity contribution is -0.114. The van der Waals surface area contributed by atoms with Crippen LogP contribution in [0.5, 0.6) is 0 Å². The standard InChI is InChI=1S/C19H22ClNO5S/c1-13-3-6-15(7-4-13)27(23,24)21-10-9-18(22)19(26-12-25-2)16-11-14(20)5-8-17(16)21/h3-8,11,18-19,22H,9-10,12H2,1-2H3/t18-,19-/m0/s1. The molecule has 0 saturated heterocycles. The molecule has 2 atom stereocenters. The van der Waals surface area contributed by atoms with E-state index < -0.39 is 22.2 Å². The van der Waals surface area contributed by atoms with Crippen molar-refractivity contribution in [2.24, 2.45) is 0 Å². The fourth-order valence-corrected chi connectivity index (χ4v) is 4.82. The zero-order valence-corrected chi connectivity index (χ0v) is 16.7. The zero-order chi connectivity index (χ0) is 19.6. The van der Waals surface area contributed by atoms with Crippen LogP contribution >= 0.6 is 11.6 Å². The van der Waals surface area contributed by atoms with Crippen LogP contribution in [0.25, 0.3) is 0 Å². The molecule has 0 spiro atoms. The lowest BCUT2D eigenvalue weighted by Crippen LogP contribution is -2.32. The van der Waals surface area contributed by atoms with Crippen molar-refractivity contribution in [3.63, 3.8) is 0 Å². The predicted octanol–water partition coefficient (Wildman–Crippen LogP) is 3.27. The number of rotatable bonds is 5. The Morgan fingerprint density at radius 2 is 1.93 bits per heavy atom. The Hall–Kier alpha value is -1.64. The molecule has 2 aromatic carbocycles. The molecular formula is C19H22ClNO5S. The van der Waals surface area contributed by atoms with Crippen LogP contribution in [-0.4, -0.2) is 40.1 Å². The van der Waals surface area contributed by atoms with Gasteiger partial charge in [0.15, 0.2) is 0 Å². The molecule has 0 radical (unpaired) electrons. The van der Waals surface area contributed by atoms with Crippen molar-refractivity contribution in [2.45, 2.75) is 30.4 Å². The highest BCUT2D eigenvalue weighted by molar-refractivity contribution is 7.92. The van der Waals surface area contributed by atoms with E-state index in [-0.39, 0.29) is 24.7 Å². The molecule has 0 amide bonds. The first kappa shape index (κ1) is 20.1. The van der Waals surface area contributed by atoms with Gasteiger partial charge in [0.25, 0.3) is 10.0 Å². The van der Waals surface area contributed by atoms with E-state index >= 15 is 0 Å². The van der Waals surface area contributed by atoms with Crippen LogP contribution < -0.4 is 4.31 Å². The predicted molar refractivity (Wildman–Crippen MR) is 103 cm³/mol. The minimum absolute atomic E-state index is 0.0294. The lowest BCUT2D eigenvalue weighted by atomic mass is 10.0. The van der Waals surface area contributed by atoms with Crippen molar-refractivity contribution in [2.75, 3.05) is 24.8 Å². The quantitative estimate of drug-likeness (QED) is 0.764. The largest absolute Gasteiger partial charge is 0.390 e. The molecule has 0 bridgehead atoms. The lowest BCUT2D eigenvalue weighted by Gasteiger charge is -2.26. The summed E-state index contributed by atoms with van der Waals surface area (Å²) in [4.78, 5) is 0.194. The Morgan fingerprint density at radius 1 is 1.22 bits per heavy atom. The molecule has 1 aliphatic heterocycles. The van der Waals surface area contributed by atoms with Crippen molar-refractivity contribution < 1.29 is 23.0 Å². The summed E-state index contributed by atoms with van der Waals surface area (Å²) in [7, 11) is -2.32. The molecule has 27 heavy (non-hydrogen) atoms. The third-order valence-electron chi connectivity index (χ3n) is 4.52. The van der Waals surface area contributed by atoms with Crippen LogP contribution in [0.1, 0.15) is 23.7 Å². The van der Waals surface area contributed by atoms with Crippen molar-refractivity contribution >= 4 is 27.3 Å². The Balaban J connectivity index is 2.10. The summed E-state index contributed by atoms with van der Waals surface area (Å²) in [5.74, 6) is 0. The molecule has 146 valence electrons. The Labute approximate surface area is 164 Å². The van der Waals surface area contributed by atoms with E-state index in [9.17, 15) is 13.5 Å². The zero-order valence-electron chi connectivity index (χ0n) is 15.1. The Kier molecular flexibility index (Phi) is 6.08. The van der Waals surface area contributed by atoms with Gasteiger partial charge < -0.3 is 14.6 Å². The van der Waals surface area contributed by atoms with Crippen LogP contribution in [0.15, 0.2) is 47.4 Å². The number of hydrogen-bond acceptors (Lipinski definition) is 5. The number of aliphatic hydroxyl groups excluding tert-OH is 1. The number of halogens is 1. The van der Waals surface area contributed by atoms with Gasteiger partial charge in [-0.05, 0) is 43.7 Å². The highest BCUT2D eigenvalue weighted by atomic mass is 35.5. The summed E-state index contributed by atoms with van der Waals surface area (Å²) in [6.45, 7) is 1.99. The van der Waals surface area contributed by atoms with Gasteiger partial charge in [-0.15, -0.1) is 0 Å². The summed E-state index contributed by atoms with van der Waals surface area (Å²) in [6, 6.07) is 11.6. The number of anilines is 1. The van der Waals surface area contributed by atoms with Gasteiger partial charge in [0.05, 0.1) is 16.7 Å². The normalized spacial score (nSPS) is 20.2. The molecule has 1 heterocycles. The van der Waals surface area contributed by atoms with E-state index in [1.54, 1.807) is 42.5 Å². The van der Waals surface area contributed by atoms with E-state index in [1.807, 2.05) is 6.92 Å². The first-order valence-corrected chi connectivity index (χ1v) is 10.3. The van der Waals surface area contributed by atoms with Crippen molar-refractivity contribution in [1.29, 1.82) is 0 Å². The highest BCUT2D eigenvalue weighted by Gasteiger charge is 2.35. The number of nitrogens with zero attached hydrogens (tertiary/aromatic N) is 1. The number of benzene rings is 2. The van der Waals surface area contributed by atoms with E-state index in [0.717, 1.165) is 5.56 Å². The monoisotopic (exact) mass is 411 g/mol. The smallest absolute Gasteiger partial charge is 0.264 e. The number of methoxy groups -OCH3 is 1. The SMILES string of the molecule is COCO[C@H]1c2cc(Cl)ccc2N(S(=O)(=O)c2ccc(C)cc2)CC[C@@H]1O. The summed E-state index contributed by atoms with van der Waals surface area (Å²) in [6.07, 6.45) is -1.42. The second kappa shape index (κ2) is 8.16. The maximum Gasteiger partial charge on any atom is 0.264 e. The molecule has 0 unspecified atom stereocenters. The van der Waals surface area contributed by atoms with Crippen LogP contribution in [-0.2, 0) is 19.5 Å². The maximum atomic E-state index is 13.3. The number of ether oxygens (including phenoxy) is 2. The molecule has 0 aromatic heterocycles. The summed E-state index contributed by atoms with van der Waals surface area (Å²) in [5, 5.41) is 11.0. The van der Waals surface area contributed by atoms with Gasteiger partial charge in [0.1, 0.15) is 12.9 Å². The van der Waals surface area contributed by atoms with Gasteiger partial charge in [0.2, 0.25) is 0 Å². The molecule has 6 nitrogen and oxygen atoms in total. The van der Waals surface area contributed by atoms with Crippen LogP contribution in [0.4, 0.5) is 5.69 Å². The van der Waals surface area contributed by atoms with Gasteiger partial charge in [-0.2, -0.15) is 0 Å². The molecule has 1 N–H and O–H groups in total. The Bertz CT molecular complexity index is 901. The van der Waals surface area contributed by atoms with Gasteiger partial charge in [-0.25, -0.2) is 8.42 Å². The molecule has 0 fully saturated rings. The fraction of sp³-hybridized carbons (Fsp3) is 0.368.